The predicted molar refractivity (Wildman–Crippen MR) is 163 cm³/mol. The third kappa shape index (κ3) is 14.8. The van der Waals surface area contributed by atoms with E-state index in [1.165, 1.54) is 42.5 Å². The molecule has 0 bridgehead atoms. The normalized spacial score (nSPS) is 20.7. The Bertz CT molecular complexity index is 798. The van der Waals surface area contributed by atoms with Gasteiger partial charge in [-0.1, -0.05) is 73.3 Å². The lowest BCUT2D eigenvalue weighted by Crippen LogP contribution is -2.33. The van der Waals surface area contributed by atoms with Crippen LogP contribution >= 0.6 is 0 Å². The highest BCUT2D eigenvalue weighted by Gasteiger charge is 2.22. The Balaban J connectivity index is 0.000000543. The number of nitrogens with zero attached hydrogens (tertiary/aromatic N) is 1. The number of carbonyl (C=O) groups is 1. The molecule has 2 aliphatic heterocycles. The first kappa shape index (κ1) is 36.0. The standard InChI is InChI=1S/C13H24N2.C11H19NO.C6H11NO.C2H6/c1-5-10(2)7-6-8-11(3)13-9-14-12(4)15-13;1-4-8(2)11(9(3)12)10-5-6-13-7-10;1-5-2-3-6(8)7-4-5;1-2/h9-11H,5-8H2,1-4H3,(H,14,15);10,12H,4-7H2,1-3H3;5H,2-4H2,1H3,(H,7,8);1-2H3. The van der Waals surface area contributed by atoms with Gasteiger partial charge in [0.1, 0.15) is 5.82 Å². The third-order valence-electron chi connectivity index (χ3n) is 7.53. The molecule has 0 aliphatic carbocycles. The SMILES string of the molecule is CC.CC1CCC(=O)NC1.CCC(C)=C(C(C)=N)C1CCOC1.CCC(C)CCCC(C)c1cnc(C)[nH]1. The van der Waals surface area contributed by atoms with E-state index in [-0.39, 0.29) is 5.91 Å². The number of H-pyrrole nitrogens is 1. The molecule has 1 aromatic heterocycles. The van der Waals surface area contributed by atoms with Crippen molar-refractivity contribution >= 4 is 11.6 Å². The Hall–Kier alpha value is -1.95. The van der Waals surface area contributed by atoms with Crippen LogP contribution in [-0.4, -0.2) is 41.3 Å². The number of allylic oxidation sites excluding steroid dienone is 1. The van der Waals surface area contributed by atoms with Gasteiger partial charge in [0, 0.05) is 43.1 Å². The number of ether oxygens (including phenoxy) is 1. The van der Waals surface area contributed by atoms with Crippen LogP contribution in [0.5, 0.6) is 0 Å². The molecule has 4 atom stereocenters. The van der Waals surface area contributed by atoms with E-state index in [0.29, 0.717) is 17.8 Å². The summed E-state index contributed by atoms with van der Waals surface area (Å²) >= 11 is 0. The largest absolute Gasteiger partial charge is 0.381 e. The molecule has 3 N–H and O–H groups in total. The van der Waals surface area contributed by atoms with Gasteiger partial charge in [-0.15, -0.1) is 0 Å². The Morgan fingerprint density at radius 3 is 2.29 bits per heavy atom. The van der Waals surface area contributed by atoms with E-state index in [0.717, 1.165) is 62.9 Å². The van der Waals surface area contributed by atoms with Crippen molar-refractivity contribution in [3.8, 4) is 0 Å². The summed E-state index contributed by atoms with van der Waals surface area (Å²) in [7, 11) is 0. The third-order valence-corrected chi connectivity index (χ3v) is 7.53. The molecule has 1 aromatic rings. The van der Waals surface area contributed by atoms with E-state index in [1.54, 1.807) is 0 Å². The first-order valence-electron chi connectivity index (χ1n) is 15.2. The van der Waals surface area contributed by atoms with Crippen molar-refractivity contribution in [1.82, 2.24) is 15.3 Å². The van der Waals surface area contributed by atoms with Crippen LogP contribution in [0.1, 0.15) is 131 Å². The Kier molecular flexibility index (Phi) is 19.9. The van der Waals surface area contributed by atoms with Gasteiger partial charge in [0.2, 0.25) is 5.91 Å². The Morgan fingerprint density at radius 2 is 1.87 bits per heavy atom. The zero-order chi connectivity index (χ0) is 29.1. The maximum Gasteiger partial charge on any atom is 0.220 e. The number of amides is 1. The topological polar surface area (TPSA) is 90.9 Å². The molecule has 0 radical (unpaired) electrons. The molecule has 0 saturated carbocycles. The average Bonchev–Trinajstić information content (AvgIpc) is 3.59. The number of rotatable bonds is 9. The van der Waals surface area contributed by atoms with Crippen molar-refractivity contribution in [3.05, 3.63) is 28.9 Å². The molecule has 220 valence electrons. The number of aryl methyl sites for hydroxylation is 1. The van der Waals surface area contributed by atoms with Gasteiger partial charge in [0.05, 0.1) is 6.61 Å². The molecule has 2 fully saturated rings. The van der Waals surface area contributed by atoms with Gasteiger partial charge in [0.15, 0.2) is 0 Å². The quantitative estimate of drug-likeness (QED) is 0.279. The summed E-state index contributed by atoms with van der Waals surface area (Å²) in [6.45, 7) is 23.8. The zero-order valence-electron chi connectivity index (χ0n) is 26.4. The second-order valence-electron chi connectivity index (χ2n) is 11.0. The molecule has 3 heterocycles. The second-order valence-corrected chi connectivity index (χ2v) is 11.0. The number of hydrogen-bond donors (Lipinski definition) is 3. The molecule has 6 nitrogen and oxygen atoms in total. The molecule has 6 heteroatoms. The predicted octanol–water partition coefficient (Wildman–Crippen LogP) is 8.39. The fraction of sp³-hybridized carbons (Fsp3) is 0.781. The number of hydrogen-bond acceptors (Lipinski definition) is 4. The van der Waals surface area contributed by atoms with Gasteiger partial charge < -0.3 is 20.4 Å². The molecule has 4 unspecified atom stereocenters. The molecule has 38 heavy (non-hydrogen) atoms. The Morgan fingerprint density at radius 1 is 1.18 bits per heavy atom. The lowest BCUT2D eigenvalue weighted by Gasteiger charge is -2.17. The van der Waals surface area contributed by atoms with Crippen molar-refractivity contribution in [1.29, 1.82) is 5.41 Å². The van der Waals surface area contributed by atoms with Gasteiger partial charge >= 0.3 is 0 Å². The van der Waals surface area contributed by atoms with Gasteiger partial charge in [-0.2, -0.15) is 0 Å². The van der Waals surface area contributed by atoms with Gasteiger partial charge in [-0.25, -0.2) is 4.98 Å². The van der Waals surface area contributed by atoms with Crippen LogP contribution < -0.4 is 5.32 Å². The minimum Gasteiger partial charge on any atom is -0.381 e. The molecular weight excluding hydrogens is 472 g/mol. The van der Waals surface area contributed by atoms with Crippen molar-refractivity contribution in [2.24, 2.45) is 17.8 Å². The number of carbonyl (C=O) groups excluding carboxylic acids is 1. The number of imidazole rings is 1. The summed E-state index contributed by atoms with van der Waals surface area (Å²) in [6, 6.07) is 0. The Labute approximate surface area is 234 Å². The number of piperidine rings is 1. The van der Waals surface area contributed by atoms with E-state index in [1.807, 2.05) is 33.9 Å². The second kappa shape index (κ2) is 20.9. The van der Waals surface area contributed by atoms with E-state index >= 15 is 0 Å². The highest BCUT2D eigenvalue weighted by atomic mass is 16.5. The fourth-order valence-corrected chi connectivity index (χ4v) is 4.61. The maximum absolute atomic E-state index is 10.5. The highest BCUT2D eigenvalue weighted by Crippen LogP contribution is 2.26. The van der Waals surface area contributed by atoms with Gasteiger partial charge in [-0.3, -0.25) is 4.79 Å². The summed E-state index contributed by atoms with van der Waals surface area (Å²) in [5.74, 6) is 3.91. The summed E-state index contributed by atoms with van der Waals surface area (Å²) in [5.41, 5.74) is 4.59. The van der Waals surface area contributed by atoms with Crippen LogP contribution in [0.4, 0.5) is 0 Å². The lowest BCUT2D eigenvalue weighted by atomic mass is 9.90. The molecule has 0 spiro atoms. The monoisotopic (exact) mass is 532 g/mol. The van der Waals surface area contributed by atoms with E-state index in [4.69, 9.17) is 10.1 Å². The summed E-state index contributed by atoms with van der Waals surface area (Å²) < 4.78 is 5.35. The van der Waals surface area contributed by atoms with Crippen LogP contribution in [0, 0.1) is 30.1 Å². The molecule has 2 saturated heterocycles. The van der Waals surface area contributed by atoms with E-state index in [2.05, 4.69) is 56.8 Å². The molecular formula is C32H60N4O2. The number of aromatic nitrogens is 2. The highest BCUT2D eigenvalue weighted by molar-refractivity contribution is 5.96. The number of nitrogens with one attached hydrogen (secondary N) is 3. The van der Waals surface area contributed by atoms with E-state index < -0.39 is 0 Å². The van der Waals surface area contributed by atoms with Crippen LogP contribution in [0.2, 0.25) is 0 Å². The van der Waals surface area contributed by atoms with Gasteiger partial charge in [0.25, 0.3) is 0 Å². The summed E-state index contributed by atoms with van der Waals surface area (Å²) in [5, 5.41) is 10.5. The van der Waals surface area contributed by atoms with Crippen LogP contribution in [0.25, 0.3) is 0 Å². The van der Waals surface area contributed by atoms with Gasteiger partial charge in [-0.05, 0) is 69.8 Å². The fourth-order valence-electron chi connectivity index (χ4n) is 4.61. The first-order valence-corrected chi connectivity index (χ1v) is 15.2. The maximum atomic E-state index is 10.5. The van der Waals surface area contributed by atoms with Crippen molar-refractivity contribution in [3.63, 3.8) is 0 Å². The zero-order valence-corrected chi connectivity index (χ0v) is 26.4. The van der Waals surface area contributed by atoms with Crippen molar-refractivity contribution in [2.45, 2.75) is 127 Å². The molecule has 2 aliphatic rings. The van der Waals surface area contributed by atoms with E-state index in [9.17, 15) is 4.79 Å². The smallest absolute Gasteiger partial charge is 0.220 e. The molecule has 3 rings (SSSR count). The summed E-state index contributed by atoms with van der Waals surface area (Å²) in [4.78, 5) is 18.1. The van der Waals surface area contributed by atoms with Crippen LogP contribution in [0.15, 0.2) is 17.3 Å². The van der Waals surface area contributed by atoms with Crippen molar-refractivity contribution < 1.29 is 9.53 Å². The summed E-state index contributed by atoms with van der Waals surface area (Å²) in [6.07, 6.45) is 11.1. The number of aromatic amines is 1. The van der Waals surface area contributed by atoms with Crippen molar-refractivity contribution in [2.75, 3.05) is 19.8 Å². The first-order chi connectivity index (χ1) is 18.1. The molecule has 1 amide bonds. The minimum atomic E-state index is 0.211. The minimum absolute atomic E-state index is 0.211. The van der Waals surface area contributed by atoms with Crippen LogP contribution in [-0.2, 0) is 9.53 Å². The lowest BCUT2D eigenvalue weighted by molar-refractivity contribution is -0.122. The van der Waals surface area contributed by atoms with Crippen LogP contribution in [0.3, 0.4) is 0 Å². The average molecular weight is 533 g/mol. The molecule has 0 aromatic carbocycles.